The van der Waals surface area contributed by atoms with Crippen LogP contribution in [0.1, 0.15) is 11.1 Å². The van der Waals surface area contributed by atoms with Gasteiger partial charge in [-0.3, -0.25) is 0 Å². The SMILES string of the molecule is [CH2-]c1ccccc1-c1ccc(-c2ccccc2)c[n+]1[CH2-].[CH2-]c1ccccc1-c1cccc[n+]1[CH2-].[Ir]. The second kappa shape index (κ2) is 12.0. The largest absolute Gasteiger partial charge is 0.343 e. The van der Waals surface area contributed by atoms with Gasteiger partial charge in [-0.15, -0.1) is 35.4 Å². The van der Waals surface area contributed by atoms with Crippen molar-refractivity contribution in [3.05, 3.63) is 161 Å². The Morgan fingerprint density at radius 3 is 1.51 bits per heavy atom. The zero-order valence-electron chi connectivity index (χ0n) is 19.6. The molecule has 0 unspecified atom stereocenters. The molecule has 0 bridgehead atoms. The van der Waals surface area contributed by atoms with Gasteiger partial charge in [0.25, 0.3) is 0 Å². The molecular formula is C32H28IrN2-2. The summed E-state index contributed by atoms with van der Waals surface area (Å²) >= 11 is 0. The van der Waals surface area contributed by atoms with Crippen molar-refractivity contribution in [1.82, 2.24) is 0 Å². The van der Waals surface area contributed by atoms with Crippen molar-refractivity contribution in [1.29, 1.82) is 0 Å². The average Bonchev–Trinajstić information content (AvgIpc) is 2.86. The number of rotatable bonds is 3. The zero-order valence-corrected chi connectivity index (χ0v) is 22.0. The van der Waals surface area contributed by atoms with Crippen molar-refractivity contribution in [2.75, 3.05) is 0 Å². The van der Waals surface area contributed by atoms with E-state index in [0.717, 1.165) is 39.2 Å². The van der Waals surface area contributed by atoms with E-state index in [1.165, 1.54) is 5.56 Å². The molecule has 177 valence electrons. The first kappa shape index (κ1) is 25.7. The fraction of sp³-hybridized carbons (Fsp3) is 0. The fourth-order valence-electron chi connectivity index (χ4n) is 3.85. The molecule has 5 rings (SSSR count). The van der Waals surface area contributed by atoms with E-state index in [-0.39, 0.29) is 20.1 Å². The summed E-state index contributed by atoms with van der Waals surface area (Å²) in [4.78, 5) is 0. The Balaban J connectivity index is 0.000000202. The number of nitrogens with zero attached hydrogens (tertiary/aromatic N) is 2. The minimum atomic E-state index is 0. The molecular weight excluding hydrogens is 605 g/mol. The Kier molecular flexibility index (Phi) is 8.80. The van der Waals surface area contributed by atoms with Crippen LogP contribution in [0.5, 0.6) is 0 Å². The number of hydrogen-bond donors (Lipinski definition) is 0. The van der Waals surface area contributed by atoms with Gasteiger partial charge in [-0.2, -0.15) is 37.1 Å². The molecule has 1 radical (unpaired) electrons. The summed E-state index contributed by atoms with van der Waals surface area (Å²) in [5.74, 6) is 0. The number of benzene rings is 3. The molecule has 35 heavy (non-hydrogen) atoms. The Morgan fingerprint density at radius 2 is 0.971 bits per heavy atom. The molecule has 0 aliphatic carbocycles. The normalized spacial score (nSPS) is 9.94. The first-order chi connectivity index (χ1) is 16.5. The summed E-state index contributed by atoms with van der Waals surface area (Å²) < 4.78 is 3.76. The van der Waals surface area contributed by atoms with Gasteiger partial charge in [0, 0.05) is 34.2 Å². The third-order valence-electron chi connectivity index (χ3n) is 5.66. The van der Waals surface area contributed by atoms with Gasteiger partial charge < -0.3 is 9.13 Å². The maximum absolute atomic E-state index is 4.11. The van der Waals surface area contributed by atoms with Gasteiger partial charge in [-0.05, 0) is 11.1 Å². The predicted octanol–water partition coefficient (Wildman–Crippen LogP) is 6.59. The molecule has 2 aromatic heterocycles. The first-order valence-electron chi connectivity index (χ1n) is 11.1. The number of pyridine rings is 2. The Bertz CT molecular complexity index is 1350. The Morgan fingerprint density at radius 1 is 0.457 bits per heavy atom. The van der Waals surface area contributed by atoms with Crippen LogP contribution in [0.3, 0.4) is 0 Å². The number of hydrogen-bond acceptors (Lipinski definition) is 0. The van der Waals surface area contributed by atoms with Crippen molar-refractivity contribution < 1.29 is 29.2 Å². The molecule has 0 amide bonds. The van der Waals surface area contributed by atoms with E-state index in [1.54, 1.807) is 0 Å². The molecule has 2 nitrogen and oxygen atoms in total. The maximum atomic E-state index is 4.11. The van der Waals surface area contributed by atoms with Gasteiger partial charge in [0.05, 0.1) is 23.8 Å². The predicted molar refractivity (Wildman–Crippen MR) is 140 cm³/mol. The van der Waals surface area contributed by atoms with Crippen LogP contribution in [-0.4, -0.2) is 0 Å². The quantitative estimate of drug-likeness (QED) is 0.157. The molecule has 0 fully saturated rings. The van der Waals surface area contributed by atoms with Crippen LogP contribution in [0, 0.1) is 27.9 Å². The molecule has 0 N–H and O–H groups in total. The van der Waals surface area contributed by atoms with E-state index in [0.29, 0.717) is 0 Å². The average molecular weight is 633 g/mol. The summed E-state index contributed by atoms with van der Waals surface area (Å²) in [6, 6.07) is 36.7. The van der Waals surface area contributed by atoms with Gasteiger partial charge in [-0.25, -0.2) is 0 Å². The van der Waals surface area contributed by atoms with Crippen LogP contribution in [0.25, 0.3) is 33.6 Å². The molecule has 0 saturated heterocycles. The third-order valence-corrected chi connectivity index (χ3v) is 5.66. The summed E-state index contributed by atoms with van der Waals surface area (Å²) in [5, 5.41) is 0. The summed E-state index contributed by atoms with van der Waals surface area (Å²) in [6.07, 6.45) is 3.99. The van der Waals surface area contributed by atoms with Crippen molar-refractivity contribution in [2.24, 2.45) is 0 Å². The second-order valence-electron chi connectivity index (χ2n) is 8.01. The fourth-order valence-corrected chi connectivity index (χ4v) is 3.85. The van der Waals surface area contributed by atoms with Gasteiger partial charge in [0.1, 0.15) is 0 Å². The summed E-state index contributed by atoms with van der Waals surface area (Å²) in [6.45, 7) is 8.07. The topological polar surface area (TPSA) is 7.76 Å². The van der Waals surface area contributed by atoms with E-state index in [4.69, 9.17) is 0 Å². The van der Waals surface area contributed by atoms with Crippen LogP contribution in [-0.2, 0) is 20.1 Å². The molecule has 0 spiro atoms. The van der Waals surface area contributed by atoms with Crippen molar-refractivity contribution >= 4 is 0 Å². The van der Waals surface area contributed by atoms with E-state index in [2.05, 4.69) is 70.5 Å². The molecule has 5 aromatic rings. The molecule has 3 aromatic carbocycles. The molecule has 2 heterocycles. The standard InChI is InChI=1S/C19H16N.C13H12N.Ir/c1-15-8-6-7-11-18(15)19-13-12-17(14-20(19)2)16-9-4-3-5-10-16;1-11-7-3-4-8-12(11)13-9-5-6-10-14(13)2;/h3-14H,1-2H2;3-10H,1-2H2;/q2*-1;. The maximum Gasteiger partial charge on any atom is 0.0765 e. The minimum absolute atomic E-state index is 0. The zero-order chi connectivity index (χ0) is 23.9. The molecule has 0 aliphatic heterocycles. The summed E-state index contributed by atoms with van der Waals surface area (Å²) in [5.41, 5.74) is 8.78. The second-order valence-corrected chi connectivity index (χ2v) is 8.01. The third kappa shape index (κ3) is 6.16. The van der Waals surface area contributed by atoms with Crippen LogP contribution < -0.4 is 9.13 Å². The smallest absolute Gasteiger partial charge is 0.0765 e. The number of aromatic nitrogens is 2. The van der Waals surface area contributed by atoms with Gasteiger partial charge in [-0.1, -0.05) is 72.8 Å². The van der Waals surface area contributed by atoms with Crippen LogP contribution in [0.4, 0.5) is 0 Å². The van der Waals surface area contributed by atoms with E-state index in [1.807, 2.05) is 88.1 Å². The molecule has 0 atom stereocenters. The molecule has 3 heteroatoms. The van der Waals surface area contributed by atoms with Crippen LogP contribution in [0.15, 0.2) is 122 Å². The monoisotopic (exact) mass is 633 g/mol. The van der Waals surface area contributed by atoms with Gasteiger partial charge in [0.2, 0.25) is 0 Å². The minimum Gasteiger partial charge on any atom is -0.343 e. The summed E-state index contributed by atoms with van der Waals surface area (Å²) in [7, 11) is 8.04. The van der Waals surface area contributed by atoms with E-state index < -0.39 is 0 Å². The van der Waals surface area contributed by atoms with Crippen molar-refractivity contribution in [2.45, 2.75) is 0 Å². The van der Waals surface area contributed by atoms with E-state index in [9.17, 15) is 0 Å². The van der Waals surface area contributed by atoms with Crippen molar-refractivity contribution in [3.8, 4) is 33.6 Å². The Hall–Kier alpha value is -3.91. The molecule has 0 saturated carbocycles. The molecule has 0 aliphatic rings. The van der Waals surface area contributed by atoms with E-state index >= 15 is 0 Å². The van der Waals surface area contributed by atoms with Gasteiger partial charge >= 0.3 is 0 Å². The van der Waals surface area contributed by atoms with Crippen LogP contribution in [0.2, 0.25) is 0 Å². The van der Waals surface area contributed by atoms with Gasteiger partial charge in [0.15, 0.2) is 0 Å². The Labute approximate surface area is 222 Å². The first-order valence-corrected chi connectivity index (χ1v) is 11.1. The van der Waals surface area contributed by atoms with Crippen molar-refractivity contribution in [3.63, 3.8) is 0 Å². The van der Waals surface area contributed by atoms with Crippen LogP contribution >= 0.6 is 0 Å².